The van der Waals surface area contributed by atoms with E-state index in [1.54, 1.807) is 6.20 Å². The molecule has 0 saturated heterocycles. The third-order valence-electron chi connectivity index (χ3n) is 4.23. The number of aromatic nitrogens is 3. The summed E-state index contributed by atoms with van der Waals surface area (Å²) in [6, 6.07) is 18.1. The highest BCUT2D eigenvalue weighted by molar-refractivity contribution is 9.10. The van der Waals surface area contributed by atoms with Crippen LogP contribution in [-0.4, -0.2) is 14.5 Å². The van der Waals surface area contributed by atoms with Gasteiger partial charge in [-0.05, 0) is 42.5 Å². The summed E-state index contributed by atoms with van der Waals surface area (Å²) in [6.45, 7) is 0. The van der Waals surface area contributed by atoms with Gasteiger partial charge in [0.25, 0.3) is 0 Å². The fraction of sp³-hybridized carbons (Fsp3) is 0.100. The molecule has 4 rings (SSSR count). The van der Waals surface area contributed by atoms with Gasteiger partial charge in [0.05, 0.1) is 11.7 Å². The van der Waals surface area contributed by atoms with Crippen molar-refractivity contribution in [2.24, 2.45) is 7.05 Å². The summed E-state index contributed by atoms with van der Waals surface area (Å²) in [5.41, 5.74) is 3.31. The predicted molar refractivity (Wildman–Crippen MR) is 105 cm³/mol. The Morgan fingerprint density at radius 1 is 1.00 bits per heavy atom. The van der Waals surface area contributed by atoms with Gasteiger partial charge in [-0.25, -0.2) is 4.98 Å². The SMILES string of the molecule is Cn1cc(C(Nc2ccccn2)c2ccccn2)c2cc(Br)ccc21. The Morgan fingerprint density at radius 2 is 1.80 bits per heavy atom. The molecule has 0 amide bonds. The van der Waals surface area contributed by atoms with Crippen molar-refractivity contribution >= 4 is 32.7 Å². The molecule has 4 nitrogen and oxygen atoms in total. The molecule has 5 heteroatoms. The van der Waals surface area contributed by atoms with Crippen LogP contribution in [0.25, 0.3) is 10.9 Å². The zero-order valence-corrected chi connectivity index (χ0v) is 15.3. The molecule has 0 bridgehead atoms. The van der Waals surface area contributed by atoms with Crippen molar-refractivity contribution in [3.05, 3.63) is 88.9 Å². The Kier molecular flexibility index (Phi) is 4.24. The molecule has 1 unspecified atom stereocenters. The zero-order chi connectivity index (χ0) is 17.2. The molecule has 0 radical (unpaired) electrons. The molecule has 1 N–H and O–H groups in total. The van der Waals surface area contributed by atoms with Gasteiger partial charge in [0.1, 0.15) is 5.82 Å². The molecule has 0 fully saturated rings. The summed E-state index contributed by atoms with van der Waals surface area (Å²) in [5, 5.41) is 4.72. The summed E-state index contributed by atoms with van der Waals surface area (Å²) in [5.74, 6) is 0.824. The quantitative estimate of drug-likeness (QED) is 0.535. The van der Waals surface area contributed by atoms with Crippen molar-refractivity contribution in [3.63, 3.8) is 0 Å². The van der Waals surface area contributed by atoms with Gasteiger partial charge in [-0.2, -0.15) is 0 Å². The van der Waals surface area contributed by atoms with E-state index in [1.807, 2.05) is 42.6 Å². The normalized spacial score (nSPS) is 12.2. The molecule has 3 aromatic heterocycles. The molecule has 1 aromatic carbocycles. The highest BCUT2D eigenvalue weighted by Crippen LogP contribution is 2.33. The van der Waals surface area contributed by atoms with E-state index in [0.717, 1.165) is 16.0 Å². The molecule has 124 valence electrons. The van der Waals surface area contributed by atoms with E-state index in [9.17, 15) is 0 Å². The van der Waals surface area contributed by atoms with Crippen molar-refractivity contribution in [1.82, 2.24) is 14.5 Å². The van der Waals surface area contributed by atoms with Crippen LogP contribution in [0.3, 0.4) is 0 Å². The van der Waals surface area contributed by atoms with E-state index in [4.69, 9.17) is 0 Å². The zero-order valence-electron chi connectivity index (χ0n) is 13.7. The summed E-state index contributed by atoms with van der Waals surface area (Å²) >= 11 is 3.59. The lowest BCUT2D eigenvalue weighted by Gasteiger charge is -2.18. The third-order valence-corrected chi connectivity index (χ3v) is 4.73. The average Bonchev–Trinajstić information content (AvgIpc) is 2.97. The first kappa shape index (κ1) is 15.8. The largest absolute Gasteiger partial charge is 0.358 e. The van der Waals surface area contributed by atoms with E-state index in [0.29, 0.717) is 0 Å². The number of hydrogen-bond donors (Lipinski definition) is 1. The lowest BCUT2D eigenvalue weighted by atomic mass is 10.0. The number of pyridine rings is 2. The fourth-order valence-electron chi connectivity index (χ4n) is 3.08. The number of benzene rings is 1. The van der Waals surface area contributed by atoms with Gasteiger partial charge < -0.3 is 9.88 Å². The van der Waals surface area contributed by atoms with Crippen molar-refractivity contribution in [3.8, 4) is 0 Å². The maximum absolute atomic E-state index is 4.58. The molecule has 3 heterocycles. The summed E-state index contributed by atoms with van der Waals surface area (Å²) in [7, 11) is 2.07. The average molecular weight is 393 g/mol. The first-order valence-electron chi connectivity index (χ1n) is 8.05. The number of anilines is 1. The van der Waals surface area contributed by atoms with Crippen LogP contribution in [-0.2, 0) is 7.05 Å². The molecule has 0 saturated carbocycles. The van der Waals surface area contributed by atoms with Gasteiger partial charge in [-0.15, -0.1) is 0 Å². The first-order valence-corrected chi connectivity index (χ1v) is 8.84. The number of aryl methyl sites for hydroxylation is 1. The maximum Gasteiger partial charge on any atom is 0.126 e. The van der Waals surface area contributed by atoms with Crippen molar-refractivity contribution in [2.45, 2.75) is 6.04 Å². The minimum Gasteiger partial charge on any atom is -0.358 e. The van der Waals surface area contributed by atoms with Crippen LogP contribution in [0.1, 0.15) is 17.3 Å². The molecule has 1 atom stereocenters. The standard InChI is InChI=1S/C20H17BrN4/c1-25-13-16(15-12-14(21)8-9-18(15)25)20(17-6-2-4-10-22-17)24-19-7-3-5-11-23-19/h2-13,20H,1H3,(H,23,24). The summed E-state index contributed by atoms with van der Waals surface area (Å²) in [6.07, 6.45) is 5.77. The van der Waals surface area contributed by atoms with Crippen LogP contribution in [0, 0.1) is 0 Å². The maximum atomic E-state index is 4.58. The lowest BCUT2D eigenvalue weighted by molar-refractivity contribution is 0.868. The Bertz CT molecular complexity index is 996. The van der Waals surface area contributed by atoms with Crippen LogP contribution >= 0.6 is 15.9 Å². The van der Waals surface area contributed by atoms with Gasteiger partial charge in [0, 0.05) is 46.6 Å². The summed E-state index contributed by atoms with van der Waals surface area (Å²) < 4.78 is 3.21. The predicted octanol–water partition coefficient (Wildman–Crippen LogP) is 4.93. The number of fused-ring (bicyclic) bond motifs is 1. The monoisotopic (exact) mass is 392 g/mol. The summed E-state index contributed by atoms with van der Waals surface area (Å²) in [4.78, 5) is 9.00. The van der Waals surface area contributed by atoms with Gasteiger partial charge in [-0.3, -0.25) is 4.98 Å². The highest BCUT2D eigenvalue weighted by Gasteiger charge is 2.20. The van der Waals surface area contributed by atoms with Gasteiger partial charge in [0.15, 0.2) is 0 Å². The minimum absolute atomic E-state index is 0.0888. The number of nitrogens with zero attached hydrogens (tertiary/aromatic N) is 3. The van der Waals surface area contributed by atoms with Gasteiger partial charge in [-0.1, -0.05) is 28.1 Å². The van der Waals surface area contributed by atoms with Crippen molar-refractivity contribution in [2.75, 3.05) is 5.32 Å². The second kappa shape index (κ2) is 6.69. The third kappa shape index (κ3) is 3.15. The number of halogens is 1. The molecule has 0 aliphatic carbocycles. The van der Waals surface area contributed by atoms with Crippen LogP contribution < -0.4 is 5.32 Å². The number of hydrogen-bond acceptors (Lipinski definition) is 3. The molecular formula is C20H17BrN4. The molecule has 0 aliphatic heterocycles. The van der Waals surface area contributed by atoms with Crippen LogP contribution in [0.5, 0.6) is 0 Å². The molecule has 0 spiro atoms. The van der Waals surface area contributed by atoms with Crippen molar-refractivity contribution < 1.29 is 0 Å². The van der Waals surface area contributed by atoms with E-state index in [2.05, 4.69) is 67.2 Å². The fourth-order valence-corrected chi connectivity index (χ4v) is 3.44. The van der Waals surface area contributed by atoms with E-state index >= 15 is 0 Å². The molecule has 0 aliphatic rings. The Morgan fingerprint density at radius 3 is 2.52 bits per heavy atom. The van der Waals surface area contributed by atoms with Gasteiger partial charge in [0.2, 0.25) is 0 Å². The molecule has 4 aromatic rings. The first-order chi connectivity index (χ1) is 12.2. The van der Waals surface area contributed by atoms with E-state index in [1.165, 1.54) is 16.5 Å². The highest BCUT2D eigenvalue weighted by atomic mass is 79.9. The Balaban J connectivity index is 1.88. The Hall–Kier alpha value is -2.66. The lowest BCUT2D eigenvalue weighted by Crippen LogP contribution is -2.14. The van der Waals surface area contributed by atoms with Crippen LogP contribution in [0.15, 0.2) is 77.7 Å². The minimum atomic E-state index is -0.0888. The molecular weight excluding hydrogens is 376 g/mol. The number of nitrogens with one attached hydrogen (secondary N) is 1. The second-order valence-corrected chi connectivity index (χ2v) is 6.82. The second-order valence-electron chi connectivity index (χ2n) is 5.90. The number of rotatable bonds is 4. The smallest absolute Gasteiger partial charge is 0.126 e. The molecule has 25 heavy (non-hydrogen) atoms. The van der Waals surface area contributed by atoms with Crippen LogP contribution in [0.2, 0.25) is 0 Å². The van der Waals surface area contributed by atoms with Crippen LogP contribution in [0.4, 0.5) is 5.82 Å². The van der Waals surface area contributed by atoms with Crippen molar-refractivity contribution in [1.29, 1.82) is 0 Å². The van der Waals surface area contributed by atoms with E-state index in [-0.39, 0.29) is 6.04 Å². The van der Waals surface area contributed by atoms with E-state index < -0.39 is 0 Å². The van der Waals surface area contributed by atoms with Gasteiger partial charge >= 0.3 is 0 Å². The topological polar surface area (TPSA) is 42.7 Å². The Labute approximate surface area is 154 Å².